The molecule has 0 heterocycles. The maximum Gasteiger partial charge on any atom is 0.337 e. The average Bonchev–Trinajstić information content (AvgIpc) is 2.52. The van der Waals surface area contributed by atoms with E-state index in [1.807, 2.05) is 43.3 Å². The van der Waals surface area contributed by atoms with Gasteiger partial charge in [0, 0.05) is 0 Å². The van der Waals surface area contributed by atoms with Gasteiger partial charge in [-0.05, 0) is 30.9 Å². The second-order valence-electron chi connectivity index (χ2n) is 5.20. The van der Waals surface area contributed by atoms with Gasteiger partial charge in [-0.25, -0.2) is 4.79 Å². The summed E-state index contributed by atoms with van der Waals surface area (Å²) >= 11 is 0. The zero-order chi connectivity index (χ0) is 15.5. The summed E-state index contributed by atoms with van der Waals surface area (Å²) in [4.78, 5) is 12.0. The highest BCUT2D eigenvalue weighted by molar-refractivity contribution is 5.92. The predicted molar refractivity (Wildman–Crippen MR) is 88.9 cm³/mol. The Morgan fingerprint density at radius 2 is 1.95 bits per heavy atom. The number of benzene rings is 1. The second kappa shape index (κ2) is 9.98. The van der Waals surface area contributed by atoms with Gasteiger partial charge in [0.2, 0.25) is 0 Å². The molecule has 0 bridgehead atoms. The summed E-state index contributed by atoms with van der Waals surface area (Å²) in [6, 6.07) is 9.84. The molecule has 1 atom stereocenters. The second-order valence-corrected chi connectivity index (χ2v) is 5.20. The van der Waals surface area contributed by atoms with Crippen molar-refractivity contribution >= 4 is 12.0 Å². The zero-order valence-corrected chi connectivity index (χ0v) is 13.2. The number of unbranched alkanes of at least 4 members (excludes halogenated alkanes) is 2. The van der Waals surface area contributed by atoms with E-state index in [1.165, 1.54) is 12.8 Å². The van der Waals surface area contributed by atoms with Crippen LogP contribution in [0.25, 0.3) is 6.08 Å². The Balaban J connectivity index is 2.46. The number of rotatable bonds is 9. The minimum Gasteiger partial charge on any atom is -0.459 e. The lowest BCUT2D eigenvalue weighted by Crippen LogP contribution is -2.18. The van der Waals surface area contributed by atoms with Crippen molar-refractivity contribution in [2.75, 3.05) is 0 Å². The zero-order valence-electron chi connectivity index (χ0n) is 13.2. The molecule has 2 heteroatoms. The van der Waals surface area contributed by atoms with Gasteiger partial charge < -0.3 is 4.74 Å². The molecule has 1 aromatic carbocycles. The fourth-order valence-corrected chi connectivity index (χ4v) is 2.02. The molecule has 0 fully saturated rings. The van der Waals surface area contributed by atoms with E-state index in [4.69, 9.17) is 4.74 Å². The first-order chi connectivity index (χ1) is 10.2. The van der Waals surface area contributed by atoms with E-state index in [0.717, 1.165) is 24.8 Å². The molecule has 1 unspecified atom stereocenters. The van der Waals surface area contributed by atoms with Crippen molar-refractivity contribution in [2.24, 2.45) is 0 Å². The van der Waals surface area contributed by atoms with Crippen molar-refractivity contribution in [1.29, 1.82) is 0 Å². The number of hydrogen-bond donors (Lipinski definition) is 0. The Kier molecular flexibility index (Phi) is 8.18. The van der Waals surface area contributed by atoms with Gasteiger partial charge in [-0.1, -0.05) is 69.7 Å². The number of esters is 1. The Morgan fingerprint density at radius 3 is 2.57 bits per heavy atom. The molecular weight excluding hydrogens is 260 g/mol. The standard InChI is InChI=1S/C19H26O2/c1-4-6-8-13-18(5-2)21-19(20)16(3)14-15-17-11-9-7-10-12-17/h7,9-12,14-15,18H,3-6,8,13H2,1-2H3. The first kappa shape index (κ1) is 17.2. The van der Waals surface area contributed by atoms with E-state index in [2.05, 4.69) is 13.5 Å². The number of ether oxygens (including phenoxy) is 1. The monoisotopic (exact) mass is 286 g/mol. The highest BCUT2D eigenvalue weighted by Crippen LogP contribution is 2.13. The van der Waals surface area contributed by atoms with E-state index in [0.29, 0.717) is 5.57 Å². The van der Waals surface area contributed by atoms with E-state index < -0.39 is 0 Å². The third kappa shape index (κ3) is 6.94. The van der Waals surface area contributed by atoms with Crippen LogP contribution in [0.4, 0.5) is 0 Å². The van der Waals surface area contributed by atoms with E-state index in [1.54, 1.807) is 6.08 Å². The maximum atomic E-state index is 12.0. The molecule has 0 N–H and O–H groups in total. The summed E-state index contributed by atoms with van der Waals surface area (Å²) in [6.07, 6.45) is 8.86. The van der Waals surface area contributed by atoms with Crippen LogP contribution in [-0.4, -0.2) is 12.1 Å². The maximum absolute atomic E-state index is 12.0. The minimum atomic E-state index is -0.314. The van der Waals surface area contributed by atoms with Crippen molar-refractivity contribution in [3.05, 3.63) is 54.1 Å². The highest BCUT2D eigenvalue weighted by atomic mass is 16.5. The molecule has 114 valence electrons. The van der Waals surface area contributed by atoms with Crippen LogP contribution in [0.1, 0.15) is 51.5 Å². The van der Waals surface area contributed by atoms with Crippen LogP contribution in [0.15, 0.2) is 48.6 Å². The van der Waals surface area contributed by atoms with Gasteiger partial charge in [-0.15, -0.1) is 0 Å². The van der Waals surface area contributed by atoms with Gasteiger partial charge in [-0.2, -0.15) is 0 Å². The summed E-state index contributed by atoms with van der Waals surface area (Å²) in [5, 5.41) is 0. The number of carbonyl (C=O) groups is 1. The van der Waals surface area contributed by atoms with Gasteiger partial charge in [0.15, 0.2) is 0 Å². The van der Waals surface area contributed by atoms with Gasteiger partial charge in [-0.3, -0.25) is 0 Å². The molecule has 0 saturated carbocycles. The van der Waals surface area contributed by atoms with Crippen molar-refractivity contribution < 1.29 is 9.53 Å². The number of carbonyl (C=O) groups excluding carboxylic acids is 1. The quantitative estimate of drug-likeness (QED) is 0.271. The van der Waals surface area contributed by atoms with Crippen LogP contribution >= 0.6 is 0 Å². The van der Waals surface area contributed by atoms with Crippen molar-refractivity contribution in [3.8, 4) is 0 Å². The molecule has 2 nitrogen and oxygen atoms in total. The third-order valence-electron chi connectivity index (χ3n) is 3.40. The molecular formula is C19H26O2. The summed E-state index contributed by atoms with van der Waals surface area (Å²) < 4.78 is 5.51. The normalized spacial score (nSPS) is 12.3. The van der Waals surface area contributed by atoms with Crippen LogP contribution in [0.5, 0.6) is 0 Å². The van der Waals surface area contributed by atoms with E-state index >= 15 is 0 Å². The first-order valence-electron chi connectivity index (χ1n) is 7.80. The minimum absolute atomic E-state index is 0.00549. The molecule has 0 aliphatic rings. The molecule has 21 heavy (non-hydrogen) atoms. The molecule has 0 saturated heterocycles. The van der Waals surface area contributed by atoms with Crippen molar-refractivity contribution in [2.45, 2.75) is 52.1 Å². The fourth-order valence-electron chi connectivity index (χ4n) is 2.02. The van der Waals surface area contributed by atoms with Crippen LogP contribution < -0.4 is 0 Å². The van der Waals surface area contributed by atoms with Gasteiger partial charge in [0.25, 0.3) is 0 Å². The summed E-state index contributed by atoms with van der Waals surface area (Å²) in [7, 11) is 0. The van der Waals surface area contributed by atoms with Crippen LogP contribution in [-0.2, 0) is 9.53 Å². The molecule has 1 aromatic rings. The lowest BCUT2D eigenvalue weighted by Gasteiger charge is -2.16. The first-order valence-corrected chi connectivity index (χ1v) is 7.80. The molecule has 0 aliphatic heterocycles. The van der Waals surface area contributed by atoms with Crippen LogP contribution in [0, 0.1) is 0 Å². The number of hydrogen-bond acceptors (Lipinski definition) is 2. The molecule has 0 radical (unpaired) electrons. The topological polar surface area (TPSA) is 26.3 Å². The molecule has 1 rings (SSSR count). The van der Waals surface area contributed by atoms with Gasteiger partial charge >= 0.3 is 5.97 Å². The smallest absolute Gasteiger partial charge is 0.337 e. The SMILES string of the molecule is C=C(C=Cc1ccccc1)C(=O)OC(CC)CCCCC. The Labute approximate surface area is 128 Å². The van der Waals surface area contributed by atoms with Crippen LogP contribution in [0.3, 0.4) is 0 Å². The van der Waals surface area contributed by atoms with E-state index in [9.17, 15) is 4.79 Å². The third-order valence-corrected chi connectivity index (χ3v) is 3.40. The predicted octanol–water partition coefficient (Wildman–Crippen LogP) is 5.16. The lowest BCUT2D eigenvalue weighted by atomic mass is 10.1. The van der Waals surface area contributed by atoms with Crippen molar-refractivity contribution in [1.82, 2.24) is 0 Å². The Morgan fingerprint density at radius 1 is 1.24 bits per heavy atom. The highest BCUT2D eigenvalue weighted by Gasteiger charge is 2.13. The lowest BCUT2D eigenvalue weighted by molar-refractivity contribution is -0.144. The molecule has 0 spiro atoms. The molecule has 0 amide bonds. The van der Waals surface area contributed by atoms with Gasteiger partial charge in [0.1, 0.15) is 6.10 Å². The largest absolute Gasteiger partial charge is 0.459 e. The molecule has 0 aliphatic carbocycles. The van der Waals surface area contributed by atoms with Crippen LogP contribution in [0.2, 0.25) is 0 Å². The summed E-state index contributed by atoms with van der Waals surface area (Å²) in [5.74, 6) is -0.314. The molecule has 0 aromatic heterocycles. The van der Waals surface area contributed by atoms with E-state index in [-0.39, 0.29) is 12.1 Å². The van der Waals surface area contributed by atoms with Crippen molar-refractivity contribution in [3.63, 3.8) is 0 Å². The Hall–Kier alpha value is -1.83. The summed E-state index contributed by atoms with van der Waals surface area (Å²) in [6.45, 7) is 8.01. The van der Waals surface area contributed by atoms with Gasteiger partial charge in [0.05, 0.1) is 5.57 Å². The Bertz CT molecular complexity index is 460. The average molecular weight is 286 g/mol. The summed E-state index contributed by atoms with van der Waals surface area (Å²) in [5.41, 5.74) is 1.44. The fraction of sp³-hybridized carbons (Fsp3) is 0.421.